The predicted molar refractivity (Wildman–Crippen MR) is 276 cm³/mol. The van der Waals surface area contributed by atoms with Crippen LogP contribution in [0.1, 0.15) is 49.9 Å². The number of para-hydroxylation sites is 1. The Morgan fingerprint density at radius 3 is 1.52 bits per heavy atom. The molecule has 1 nitrogen and oxygen atoms in total. The van der Waals surface area contributed by atoms with Crippen molar-refractivity contribution in [2.75, 3.05) is 4.90 Å². The van der Waals surface area contributed by atoms with E-state index in [0.717, 1.165) is 17.1 Å². The Balaban J connectivity index is 1.03. The molecule has 10 aromatic carbocycles. The summed E-state index contributed by atoms with van der Waals surface area (Å²) in [6.45, 7) is 9.49. The van der Waals surface area contributed by atoms with Crippen molar-refractivity contribution in [1.29, 1.82) is 0 Å². The zero-order chi connectivity index (χ0) is 43.9. The number of hydrogen-bond donors (Lipinski definition) is 0. The van der Waals surface area contributed by atoms with Crippen LogP contribution < -0.4 is 4.90 Å². The van der Waals surface area contributed by atoms with E-state index in [1.54, 1.807) is 0 Å². The first-order valence-corrected chi connectivity index (χ1v) is 22.9. The van der Waals surface area contributed by atoms with Crippen LogP contribution in [0.25, 0.3) is 77.5 Å². The number of fused-ring (bicyclic) bond motifs is 7. The molecular formula is C64H49N. The molecule has 0 fully saturated rings. The average Bonchev–Trinajstić information content (AvgIpc) is 3.74. The lowest BCUT2D eigenvalue weighted by Crippen LogP contribution is -2.16. The summed E-state index contributed by atoms with van der Waals surface area (Å²) in [6.07, 6.45) is 0. The molecule has 0 bridgehead atoms. The number of hydrogen-bond acceptors (Lipinski definition) is 1. The Morgan fingerprint density at radius 1 is 0.292 bits per heavy atom. The lowest BCUT2D eigenvalue weighted by atomic mass is 9.79. The lowest BCUT2D eigenvalue weighted by Gasteiger charge is -2.29. The molecule has 0 saturated heterocycles. The van der Waals surface area contributed by atoms with Crippen LogP contribution in [0.5, 0.6) is 0 Å². The molecule has 0 aliphatic heterocycles. The van der Waals surface area contributed by atoms with Crippen LogP contribution in [0.3, 0.4) is 0 Å². The van der Waals surface area contributed by atoms with Gasteiger partial charge in [-0.25, -0.2) is 0 Å². The van der Waals surface area contributed by atoms with Gasteiger partial charge in [0.15, 0.2) is 0 Å². The van der Waals surface area contributed by atoms with Gasteiger partial charge in [0.1, 0.15) is 0 Å². The number of anilines is 3. The number of nitrogens with zero attached hydrogens (tertiary/aromatic N) is 1. The van der Waals surface area contributed by atoms with Gasteiger partial charge >= 0.3 is 0 Å². The first-order valence-electron chi connectivity index (χ1n) is 22.9. The second kappa shape index (κ2) is 14.9. The summed E-state index contributed by atoms with van der Waals surface area (Å²) in [4.78, 5) is 2.47. The van der Waals surface area contributed by atoms with Gasteiger partial charge in [0, 0.05) is 27.8 Å². The van der Waals surface area contributed by atoms with Crippen molar-refractivity contribution in [2.45, 2.75) is 38.5 Å². The lowest BCUT2D eigenvalue weighted by molar-refractivity contribution is 0.660. The van der Waals surface area contributed by atoms with E-state index in [2.05, 4.69) is 257 Å². The van der Waals surface area contributed by atoms with E-state index in [4.69, 9.17) is 0 Å². The Hall–Kier alpha value is -7.74. The van der Waals surface area contributed by atoms with Crippen LogP contribution in [0.2, 0.25) is 0 Å². The van der Waals surface area contributed by atoms with Crippen LogP contribution in [-0.2, 0) is 10.8 Å². The fourth-order valence-electron chi connectivity index (χ4n) is 11.3. The average molecular weight is 832 g/mol. The molecule has 0 spiro atoms. The highest BCUT2D eigenvalue weighted by Crippen LogP contribution is 2.54. The van der Waals surface area contributed by atoms with E-state index in [0.29, 0.717) is 0 Å². The summed E-state index contributed by atoms with van der Waals surface area (Å²) in [6, 6.07) is 83.3. The van der Waals surface area contributed by atoms with Gasteiger partial charge in [-0.05, 0) is 131 Å². The van der Waals surface area contributed by atoms with Crippen molar-refractivity contribution in [2.24, 2.45) is 0 Å². The predicted octanol–water partition coefficient (Wildman–Crippen LogP) is 17.6. The van der Waals surface area contributed by atoms with Gasteiger partial charge < -0.3 is 4.90 Å². The molecule has 310 valence electrons. The van der Waals surface area contributed by atoms with E-state index >= 15 is 0 Å². The topological polar surface area (TPSA) is 3.24 Å². The van der Waals surface area contributed by atoms with Crippen molar-refractivity contribution >= 4 is 27.8 Å². The molecule has 12 rings (SSSR count). The van der Waals surface area contributed by atoms with E-state index in [1.807, 2.05) is 0 Å². The van der Waals surface area contributed by atoms with Crippen molar-refractivity contribution < 1.29 is 0 Å². The van der Waals surface area contributed by atoms with E-state index in [1.165, 1.54) is 99.8 Å². The Labute approximate surface area is 383 Å². The quantitative estimate of drug-likeness (QED) is 0.155. The molecule has 0 saturated carbocycles. The zero-order valence-corrected chi connectivity index (χ0v) is 37.3. The zero-order valence-electron chi connectivity index (χ0n) is 37.3. The molecule has 0 aromatic heterocycles. The van der Waals surface area contributed by atoms with Crippen LogP contribution >= 0.6 is 0 Å². The van der Waals surface area contributed by atoms with Crippen LogP contribution in [0.15, 0.2) is 224 Å². The highest BCUT2D eigenvalue weighted by molar-refractivity contribution is 6.06. The van der Waals surface area contributed by atoms with Gasteiger partial charge in [-0.15, -0.1) is 0 Å². The van der Waals surface area contributed by atoms with Crippen molar-refractivity contribution in [1.82, 2.24) is 0 Å². The molecule has 0 radical (unpaired) electrons. The van der Waals surface area contributed by atoms with E-state index in [9.17, 15) is 0 Å². The highest BCUT2D eigenvalue weighted by Gasteiger charge is 2.38. The first kappa shape index (κ1) is 38.9. The monoisotopic (exact) mass is 831 g/mol. The molecule has 0 atom stereocenters. The summed E-state index contributed by atoms with van der Waals surface area (Å²) in [5.41, 5.74) is 23.7. The molecule has 0 heterocycles. The first-order chi connectivity index (χ1) is 31.8. The maximum absolute atomic E-state index is 2.47. The molecule has 1 heteroatoms. The molecule has 0 N–H and O–H groups in total. The van der Waals surface area contributed by atoms with E-state index < -0.39 is 0 Å². The second-order valence-corrected chi connectivity index (χ2v) is 18.9. The minimum atomic E-state index is -0.135. The summed E-state index contributed by atoms with van der Waals surface area (Å²) < 4.78 is 0. The Morgan fingerprint density at radius 2 is 0.785 bits per heavy atom. The second-order valence-electron chi connectivity index (χ2n) is 18.9. The standard InChI is InChI=1S/C64H49N/c1-63(2)57-31-11-8-25-53(57)55-39-36-46(41-59(55)63)49-24-10-13-33-60(49)65(48-23-14-22-45(40-48)52-29-17-30-56-54-26-9-12-32-58(54)64(3,4)62(52)56)47-37-34-43(35-38-47)51-28-16-21-44-20-15-27-50(61(44)51)42-18-6-5-7-19-42/h5-41H,1-4H3. The molecule has 65 heavy (non-hydrogen) atoms. The van der Waals surface area contributed by atoms with Crippen LogP contribution in [0.4, 0.5) is 17.1 Å². The minimum absolute atomic E-state index is 0.105. The number of rotatable bonds is 7. The minimum Gasteiger partial charge on any atom is -0.310 e. The summed E-state index contributed by atoms with van der Waals surface area (Å²) in [5, 5.41) is 2.51. The molecule has 2 aliphatic carbocycles. The third kappa shape index (κ3) is 6.14. The van der Waals surface area contributed by atoms with Crippen LogP contribution in [0, 0.1) is 0 Å². The van der Waals surface area contributed by atoms with Gasteiger partial charge in [-0.2, -0.15) is 0 Å². The fourth-order valence-corrected chi connectivity index (χ4v) is 11.3. The molecular weight excluding hydrogens is 783 g/mol. The van der Waals surface area contributed by atoms with Crippen LogP contribution in [-0.4, -0.2) is 0 Å². The Bertz CT molecular complexity index is 3470. The Kier molecular flexibility index (Phi) is 8.94. The van der Waals surface area contributed by atoms with Crippen molar-refractivity contribution in [3.05, 3.63) is 247 Å². The van der Waals surface area contributed by atoms with Gasteiger partial charge in [0.05, 0.1) is 5.69 Å². The molecule has 2 aliphatic rings. The molecule has 0 unspecified atom stereocenters. The molecule has 0 amide bonds. The highest BCUT2D eigenvalue weighted by atomic mass is 15.1. The SMILES string of the molecule is CC1(C)c2ccccc2-c2ccc(-c3ccccc3N(c3ccc(-c4cccc5cccc(-c6ccccc6)c45)cc3)c3cccc(-c4cccc5c4C(C)(C)c4ccccc4-5)c3)cc21. The van der Waals surface area contributed by atoms with Gasteiger partial charge in [0.2, 0.25) is 0 Å². The third-order valence-electron chi connectivity index (χ3n) is 14.5. The van der Waals surface area contributed by atoms with Gasteiger partial charge in [0.25, 0.3) is 0 Å². The number of benzene rings is 10. The summed E-state index contributed by atoms with van der Waals surface area (Å²) in [5.74, 6) is 0. The molecule has 10 aromatic rings. The normalized spacial score (nSPS) is 13.8. The van der Waals surface area contributed by atoms with Crippen molar-refractivity contribution in [3.63, 3.8) is 0 Å². The largest absolute Gasteiger partial charge is 0.310 e. The maximum Gasteiger partial charge on any atom is 0.0540 e. The third-order valence-corrected chi connectivity index (χ3v) is 14.5. The smallest absolute Gasteiger partial charge is 0.0540 e. The summed E-state index contributed by atoms with van der Waals surface area (Å²) >= 11 is 0. The maximum atomic E-state index is 2.47. The summed E-state index contributed by atoms with van der Waals surface area (Å²) in [7, 11) is 0. The van der Waals surface area contributed by atoms with Gasteiger partial charge in [-0.3, -0.25) is 0 Å². The van der Waals surface area contributed by atoms with E-state index in [-0.39, 0.29) is 10.8 Å². The fraction of sp³-hybridized carbons (Fsp3) is 0.0938. The van der Waals surface area contributed by atoms with Gasteiger partial charge in [-0.1, -0.05) is 216 Å². The van der Waals surface area contributed by atoms with Crippen molar-refractivity contribution in [3.8, 4) is 66.8 Å².